The summed E-state index contributed by atoms with van der Waals surface area (Å²) in [7, 11) is -1.80. The maximum atomic E-state index is 12.2. The molecule has 0 aromatic rings. The van der Waals surface area contributed by atoms with Crippen molar-refractivity contribution in [1.82, 2.24) is 4.31 Å². The highest BCUT2D eigenvalue weighted by Gasteiger charge is 2.33. The minimum absolute atomic E-state index is 0.0217. The van der Waals surface area contributed by atoms with E-state index in [9.17, 15) is 8.42 Å². The molecular weight excluding hydrogens is 244 g/mol. The maximum absolute atomic E-state index is 12.2. The van der Waals surface area contributed by atoms with Gasteiger partial charge in [-0.2, -0.15) is 0 Å². The lowest BCUT2D eigenvalue weighted by Gasteiger charge is -2.29. The molecule has 1 atom stereocenters. The van der Waals surface area contributed by atoms with Crippen molar-refractivity contribution < 1.29 is 8.42 Å². The van der Waals surface area contributed by atoms with Crippen LogP contribution < -0.4 is 5.73 Å². The molecule has 4 nitrogen and oxygen atoms in total. The summed E-state index contributed by atoms with van der Waals surface area (Å²) in [6.07, 6.45) is 2.00. The fourth-order valence-corrected chi connectivity index (χ4v) is 4.13. The summed E-state index contributed by atoms with van der Waals surface area (Å²) < 4.78 is 25.9. The second-order valence-electron chi connectivity index (χ2n) is 3.83. The molecule has 6 heteroatoms. The smallest absolute Gasteiger partial charge is 0.223 e. The van der Waals surface area contributed by atoms with Crippen molar-refractivity contribution in [3.63, 3.8) is 0 Å². The van der Waals surface area contributed by atoms with Gasteiger partial charge in [0.25, 0.3) is 0 Å². The molecule has 2 N–H and O–H groups in total. The highest BCUT2D eigenvalue weighted by molar-refractivity contribution is 7.92. The van der Waals surface area contributed by atoms with Gasteiger partial charge in [-0.1, -0.05) is 33.0 Å². The van der Waals surface area contributed by atoms with Gasteiger partial charge in [-0.3, -0.25) is 0 Å². The summed E-state index contributed by atoms with van der Waals surface area (Å²) in [6, 6.07) is 0.0217. The van der Waals surface area contributed by atoms with E-state index < -0.39 is 15.3 Å². The summed E-state index contributed by atoms with van der Waals surface area (Å²) in [5.74, 6) is 0. The molecular formula is C10H22N2O2S2. The van der Waals surface area contributed by atoms with Crippen LogP contribution in [0.2, 0.25) is 0 Å². The SMILES string of the molecule is CCC(CC)N(C)S(=O)(=O)C(CC)C(N)=S. The van der Waals surface area contributed by atoms with E-state index in [4.69, 9.17) is 18.0 Å². The van der Waals surface area contributed by atoms with Crippen LogP contribution in [0.1, 0.15) is 40.0 Å². The van der Waals surface area contributed by atoms with Crippen LogP contribution in [0.4, 0.5) is 0 Å². The second-order valence-corrected chi connectivity index (χ2v) is 6.48. The highest BCUT2D eigenvalue weighted by atomic mass is 32.2. The number of sulfonamides is 1. The van der Waals surface area contributed by atoms with E-state index in [0.29, 0.717) is 6.42 Å². The third-order valence-electron chi connectivity index (χ3n) is 2.91. The monoisotopic (exact) mass is 266 g/mol. The van der Waals surface area contributed by atoms with E-state index in [2.05, 4.69) is 0 Å². The van der Waals surface area contributed by atoms with Gasteiger partial charge in [0.2, 0.25) is 10.0 Å². The van der Waals surface area contributed by atoms with Gasteiger partial charge in [0, 0.05) is 13.1 Å². The first-order chi connectivity index (χ1) is 7.32. The van der Waals surface area contributed by atoms with E-state index in [-0.39, 0.29) is 11.0 Å². The summed E-state index contributed by atoms with van der Waals surface area (Å²) >= 11 is 4.81. The highest BCUT2D eigenvalue weighted by Crippen LogP contribution is 2.17. The first kappa shape index (κ1) is 15.8. The Hall–Kier alpha value is -0.200. The zero-order valence-corrected chi connectivity index (χ0v) is 12.1. The molecule has 16 heavy (non-hydrogen) atoms. The molecule has 0 heterocycles. The van der Waals surface area contributed by atoms with Gasteiger partial charge < -0.3 is 5.73 Å². The van der Waals surface area contributed by atoms with Crippen LogP contribution in [-0.2, 0) is 10.0 Å². The van der Waals surface area contributed by atoms with E-state index in [1.54, 1.807) is 14.0 Å². The molecule has 0 aliphatic rings. The first-order valence-corrected chi connectivity index (χ1v) is 7.50. The van der Waals surface area contributed by atoms with E-state index in [1.165, 1.54) is 4.31 Å². The Labute approximate surface area is 104 Å². The van der Waals surface area contributed by atoms with Gasteiger partial charge in [-0.05, 0) is 19.3 Å². The Balaban J connectivity index is 5.10. The number of nitrogens with zero attached hydrogens (tertiary/aromatic N) is 1. The maximum Gasteiger partial charge on any atom is 0.223 e. The van der Waals surface area contributed by atoms with Crippen LogP contribution in [-0.4, -0.2) is 36.1 Å². The van der Waals surface area contributed by atoms with Crippen molar-refractivity contribution in [2.45, 2.75) is 51.3 Å². The van der Waals surface area contributed by atoms with Crippen molar-refractivity contribution in [1.29, 1.82) is 0 Å². The van der Waals surface area contributed by atoms with E-state index in [1.807, 2.05) is 13.8 Å². The molecule has 0 aliphatic carbocycles. The molecule has 96 valence electrons. The van der Waals surface area contributed by atoms with Gasteiger partial charge in [-0.25, -0.2) is 12.7 Å². The van der Waals surface area contributed by atoms with Gasteiger partial charge in [0.1, 0.15) is 5.25 Å². The minimum atomic E-state index is -3.41. The third kappa shape index (κ3) is 3.40. The standard InChI is InChI=1S/C10H22N2O2S2/c1-5-8(6-2)12(4)16(13,14)9(7-3)10(11)15/h8-9H,5-7H2,1-4H3,(H2,11,15). The van der Waals surface area contributed by atoms with Crippen LogP contribution in [0.5, 0.6) is 0 Å². The molecule has 0 saturated heterocycles. The number of rotatable bonds is 7. The average molecular weight is 266 g/mol. The largest absolute Gasteiger partial charge is 0.392 e. The molecule has 0 aliphatic heterocycles. The van der Waals surface area contributed by atoms with Crippen LogP contribution >= 0.6 is 12.2 Å². The summed E-state index contributed by atoms with van der Waals surface area (Å²) in [5.41, 5.74) is 5.48. The Bertz CT molecular complexity index is 324. The van der Waals surface area contributed by atoms with Gasteiger partial charge in [0.05, 0.1) is 4.99 Å². The molecule has 0 aromatic carbocycles. The fourth-order valence-electron chi connectivity index (χ4n) is 1.77. The van der Waals surface area contributed by atoms with Gasteiger partial charge in [0.15, 0.2) is 0 Å². The predicted molar refractivity (Wildman–Crippen MR) is 71.9 cm³/mol. The minimum Gasteiger partial charge on any atom is -0.392 e. The van der Waals surface area contributed by atoms with Crippen LogP contribution in [0.25, 0.3) is 0 Å². The zero-order chi connectivity index (χ0) is 12.9. The van der Waals surface area contributed by atoms with E-state index >= 15 is 0 Å². The third-order valence-corrected chi connectivity index (χ3v) is 5.75. The molecule has 0 amide bonds. The quantitative estimate of drug-likeness (QED) is 0.709. The molecule has 0 fully saturated rings. The zero-order valence-electron chi connectivity index (χ0n) is 10.4. The number of hydrogen-bond acceptors (Lipinski definition) is 3. The molecule has 0 rings (SSSR count). The van der Waals surface area contributed by atoms with Crippen molar-refractivity contribution >= 4 is 27.2 Å². The average Bonchev–Trinajstić information content (AvgIpc) is 2.19. The normalized spacial score (nSPS) is 14.4. The van der Waals surface area contributed by atoms with Crippen molar-refractivity contribution in [2.75, 3.05) is 7.05 Å². The Kier molecular flexibility index (Phi) is 6.43. The van der Waals surface area contributed by atoms with Crippen molar-refractivity contribution in [3.8, 4) is 0 Å². The Morgan fingerprint density at radius 2 is 1.69 bits per heavy atom. The summed E-state index contributed by atoms with van der Waals surface area (Å²) in [4.78, 5) is 0.0558. The first-order valence-electron chi connectivity index (χ1n) is 5.58. The molecule has 0 bridgehead atoms. The lowest BCUT2D eigenvalue weighted by atomic mass is 10.2. The predicted octanol–water partition coefficient (Wildman–Crippen LogP) is 1.50. The van der Waals surface area contributed by atoms with Crippen molar-refractivity contribution in [2.24, 2.45) is 5.73 Å². The van der Waals surface area contributed by atoms with E-state index in [0.717, 1.165) is 12.8 Å². The molecule has 0 saturated carbocycles. The van der Waals surface area contributed by atoms with Crippen LogP contribution in [0.15, 0.2) is 0 Å². The van der Waals surface area contributed by atoms with Gasteiger partial charge in [-0.15, -0.1) is 0 Å². The summed E-state index contributed by atoms with van der Waals surface area (Å²) in [6.45, 7) is 5.73. The van der Waals surface area contributed by atoms with Gasteiger partial charge >= 0.3 is 0 Å². The molecule has 0 radical (unpaired) electrons. The number of nitrogens with two attached hydrogens (primary N) is 1. The second kappa shape index (κ2) is 6.51. The number of thiocarbonyl (C=S) groups is 1. The Morgan fingerprint density at radius 1 is 1.25 bits per heavy atom. The fraction of sp³-hybridized carbons (Fsp3) is 0.900. The summed E-state index contributed by atoms with van der Waals surface area (Å²) in [5, 5.41) is -0.743. The Morgan fingerprint density at radius 3 is 1.94 bits per heavy atom. The van der Waals surface area contributed by atoms with Crippen LogP contribution in [0, 0.1) is 0 Å². The lowest BCUT2D eigenvalue weighted by molar-refractivity contribution is 0.347. The molecule has 0 aromatic heterocycles. The lowest BCUT2D eigenvalue weighted by Crippen LogP contribution is -2.46. The number of hydrogen-bond donors (Lipinski definition) is 1. The topological polar surface area (TPSA) is 63.4 Å². The molecule has 1 unspecified atom stereocenters. The van der Waals surface area contributed by atoms with Crippen molar-refractivity contribution in [3.05, 3.63) is 0 Å². The van der Waals surface area contributed by atoms with Crippen LogP contribution in [0.3, 0.4) is 0 Å². The molecule has 0 spiro atoms.